The molecule has 2 amide bonds. The molecule has 0 aromatic heterocycles. The molecule has 102 valence electrons. The summed E-state index contributed by atoms with van der Waals surface area (Å²) in [5.41, 5.74) is -0.212. The van der Waals surface area contributed by atoms with E-state index in [0.717, 1.165) is 25.7 Å². The van der Waals surface area contributed by atoms with Gasteiger partial charge in [-0.15, -0.1) is 0 Å². The van der Waals surface area contributed by atoms with Crippen LogP contribution in [0.1, 0.15) is 52.4 Å². The largest absolute Gasteiger partial charge is 0.393 e. The Bertz CT molecular complexity index is 331. The van der Waals surface area contributed by atoms with Crippen LogP contribution in [0.2, 0.25) is 0 Å². The maximum atomic E-state index is 12.0. The molecule has 2 rings (SSSR count). The molecule has 1 N–H and O–H groups in total. The van der Waals surface area contributed by atoms with E-state index in [4.69, 9.17) is 0 Å². The van der Waals surface area contributed by atoms with E-state index in [1.165, 1.54) is 4.90 Å². The Morgan fingerprint density at radius 1 is 1.17 bits per heavy atom. The minimum absolute atomic E-state index is 0.0750. The van der Waals surface area contributed by atoms with Crippen molar-refractivity contribution in [3.05, 3.63) is 0 Å². The Morgan fingerprint density at radius 2 is 1.72 bits per heavy atom. The first-order valence-electron chi connectivity index (χ1n) is 6.90. The lowest BCUT2D eigenvalue weighted by molar-refractivity contribution is -0.154. The molecule has 0 bridgehead atoms. The van der Waals surface area contributed by atoms with E-state index in [1.807, 2.05) is 13.8 Å². The summed E-state index contributed by atoms with van der Waals surface area (Å²) in [7, 11) is 0. The Labute approximate surface area is 108 Å². The number of carbonyl (C=O) groups is 2. The summed E-state index contributed by atoms with van der Waals surface area (Å²) < 4.78 is 0. The Morgan fingerprint density at radius 3 is 2.28 bits per heavy atom. The first kappa shape index (κ1) is 13.5. The lowest BCUT2D eigenvalue weighted by Gasteiger charge is -2.38. The quantitative estimate of drug-likeness (QED) is 0.762. The fourth-order valence-corrected chi connectivity index (χ4v) is 3.05. The van der Waals surface area contributed by atoms with Crippen molar-refractivity contribution in [2.75, 3.05) is 6.54 Å². The van der Waals surface area contributed by atoms with Crippen molar-refractivity contribution in [3.8, 4) is 0 Å². The molecule has 2 aliphatic rings. The van der Waals surface area contributed by atoms with Gasteiger partial charge in [0.1, 0.15) is 0 Å². The van der Waals surface area contributed by atoms with E-state index < -0.39 is 0 Å². The highest BCUT2D eigenvalue weighted by molar-refractivity contribution is 5.98. The van der Waals surface area contributed by atoms with Gasteiger partial charge in [0.2, 0.25) is 11.8 Å². The molecule has 18 heavy (non-hydrogen) atoms. The molecule has 2 unspecified atom stereocenters. The predicted octanol–water partition coefficient (Wildman–Crippen LogP) is 1.71. The summed E-state index contributed by atoms with van der Waals surface area (Å²) >= 11 is 0. The van der Waals surface area contributed by atoms with E-state index in [2.05, 4.69) is 0 Å². The molecular weight excluding hydrogens is 230 g/mol. The topological polar surface area (TPSA) is 57.6 Å². The molecule has 2 atom stereocenters. The number of likely N-dealkylation sites (tertiary alicyclic amines) is 1. The third kappa shape index (κ3) is 2.91. The van der Waals surface area contributed by atoms with Crippen molar-refractivity contribution in [2.45, 2.75) is 58.5 Å². The Kier molecular flexibility index (Phi) is 3.76. The Balaban J connectivity index is 2.00. The van der Waals surface area contributed by atoms with Gasteiger partial charge >= 0.3 is 0 Å². The molecule has 2 fully saturated rings. The number of carbonyl (C=O) groups excluding carboxylic acids is 2. The van der Waals surface area contributed by atoms with Gasteiger partial charge in [0, 0.05) is 25.3 Å². The molecule has 1 saturated carbocycles. The molecule has 0 spiro atoms. The van der Waals surface area contributed by atoms with Gasteiger partial charge in [0.05, 0.1) is 6.10 Å². The van der Waals surface area contributed by atoms with Gasteiger partial charge in [-0.1, -0.05) is 26.7 Å². The SMILES string of the molecule is CC1(C)CC(=O)N(CC2CCCCC2O)C(=O)C1. The van der Waals surface area contributed by atoms with E-state index in [-0.39, 0.29) is 29.3 Å². The van der Waals surface area contributed by atoms with E-state index in [1.54, 1.807) is 0 Å². The average molecular weight is 253 g/mol. The van der Waals surface area contributed by atoms with Crippen LogP contribution < -0.4 is 0 Å². The summed E-state index contributed by atoms with van der Waals surface area (Å²) in [6.07, 6.45) is 4.36. The maximum Gasteiger partial charge on any atom is 0.229 e. The zero-order valence-electron chi connectivity index (χ0n) is 11.3. The van der Waals surface area contributed by atoms with Gasteiger partial charge in [-0.2, -0.15) is 0 Å². The lowest BCUT2D eigenvalue weighted by atomic mass is 9.80. The summed E-state index contributed by atoms with van der Waals surface area (Å²) in [6, 6.07) is 0. The fourth-order valence-electron chi connectivity index (χ4n) is 3.05. The number of aliphatic hydroxyl groups excluding tert-OH is 1. The third-order valence-electron chi connectivity index (χ3n) is 4.15. The lowest BCUT2D eigenvalue weighted by Crippen LogP contribution is -2.49. The number of imide groups is 1. The normalized spacial score (nSPS) is 32.7. The van der Waals surface area contributed by atoms with E-state index >= 15 is 0 Å². The van der Waals surface area contributed by atoms with Gasteiger partial charge in [-0.3, -0.25) is 14.5 Å². The smallest absolute Gasteiger partial charge is 0.229 e. The predicted molar refractivity (Wildman–Crippen MR) is 67.7 cm³/mol. The van der Waals surface area contributed by atoms with Gasteiger partial charge in [0.25, 0.3) is 0 Å². The van der Waals surface area contributed by atoms with Crippen molar-refractivity contribution >= 4 is 11.8 Å². The first-order valence-corrected chi connectivity index (χ1v) is 6.90. The third-order valence-corrected chi connectivity index (χ3v) is 4.15. The van der Waals surface area contributed by atoms with Crippen LogP contribution in [0.3, 0.4) is 0 Å². The minimum atomic E-state index is -0.353. The van der Waals surface area contributed by atoms with Crippen LogP contribution in [0.25, 0.3) is 0 Å². The Hall–Kier alpha value is -0.900. The standard InChI is InChI=1S/C14H23NO3/c1-14(2)7-12(17)15(13(18)8-14)9-10-5-3-4-6-11(10)16/h10-11,16H,3-9H2,1-2H3. The summed E-state index contributed by atoms with van der Waals surface area (Å²) in [6.45, 7) is 4.32. The second-order valence-corrected chi connectivity index (χ2v) is 6.53. The zero-order chi connectivity index (χ0) is 13.3. The van der Waals surface area contributed by atoms with Crippen molar-refractivity contribution in [1.29, 1.82) is 0 Å². The summed E-state index contributed by atoms with van der Waals surface area (Å²) in [4.78, 5) is 25.4. The number of hydrogen-bond acceptors (Lipinski definition) is 3. The van der Waals surface area contributed by atoms with Crippen LogP contribution in [0.5, 0.6) is 0 Å². The molecule has 0 radical (unpaired) electrons. The molecule has 1 heterocycles. The van der Waals surface area contributed by atoms with Gasteiger partial charge in [-0.05, 0) is 18.3 Å². The van der Waals surface area contributed by atoms with Crippen LogP contribution in [0.4, 0.5) is 0 Å². The average Bonchev–Trinajstić information content (AvgIpc) is 2.24. The van der Waals surface area contributed by atoms with Crippen LogP contribution >= 0.6 is 0 Å². The highest BCUT2D eigenvalue weighted by atomic mass is 16.3. The van der Waals surface area contributed by atoms with Crippen LogP contribution in [-0.2, 0) is 9.59 Å². The van der Waals surface area contributed by atoms with E-state index in [9.17, 15) is 14.7 Å². The zero-order valence-corrected chi connectivity index (χ0v) is 11.3. The molecule has 1 saturated heterocycles. The number of nitrogens with zero attached hydrogens (tertiary/aromatic N) is 1. The fraction of sp³-hybridized carbons (Fsp3) is 0.857. The molecular formula is C14H23NO3. The molecule has 4 heteroatoms. The van der Waals surface area contributed by atoms with Crippen LogP contribution in [0.15, 0.2) is 0 Å². The highest BCUT2D eigenvalue weighted by Gasteiger charge is 2.39. The van der Waals surface area contributed by atoms with E-state index in [0.29, 0.717) is 19.4 Å². The highest BCUT2D eigenvalue weighted by Crippen LogP contribution is 2.33. The molecule has 0 aromatic carbocycles. The number of hydrogen-bond donors (Lipinski definition) is 1. The molecule has 1 aliphatic heterocycles. The van der Waals surface area contributed by atoms with Crippen molar-refractivity contribution in [1.82, 2.24) is 4.90 Å². The van der Waals surface area contributed by atoms with Crippen LogP contribution in [0, 0.1) is 11.3 Å². The molecule has 4 nitrogen and oxygen atoms in total. The maximum absolute atomic E-state index is 12.0. The number of rotatable bonds is 2. The number of aliphatic hydroxyl groups is 1. The summed E-state index contributed by atoms with van der Waals surface area (Å²) in [5.74, 6) is -0.0732. The molecule has 0 aromatic rings. The number of amides is 2. The van der Waals surface area contributed by atoms with Gasteiger partial charge in [-0.25, -0.2) is 0 Å². The van der Waals surface area contributed by atoms with Crippen molar-refractivity contribution < 1.29 is 14.7 Å². The van der Waals surface area contributed by atoms with Gasteiger partial charge in [0.15, 0.2) is 0 Å². The molecule has 1 aliphatic carbocycles. The minimum Gasteiger partial charge on any atom is -0.393 e. The monoisotopic (exact) mass is 253 g/mol. The van der Waals surface area contributed by atoms with Crippen molar-refractivity contribution in [3.63, 3.8) is 0 Å². The second-order valence-electron chi connectivity index (χ2n) is 6.53. The number of piperidine rings is 1. The van der Waals surface area contributed by atoms with Crippen molar-refractivity contribution in [2.24, 2.45) is 11.3 Å². The summed E-state index contributed by atoms with van der Waals surface area (Å²) in [5, 5.41) is 9.93. The second kappa shape index (κ2) is 5.00. The first-order chi connectivity index (χ1) is 8.39. The van der Waals surface area contributed by atoms with Gasteiger partial charge < -0.3 is 5.11 Å². The van der Waals surface area contributed by atoms with Crippen LogP contribution in [-0.4, -0.2) is 34.5 Å².